The number of hydrogen-bond donors (Lipinski definition) is 1. The molecule has 1 N–H and O–H groups in total. The minimum absolute atomic E-state index is 0.0975. The summed E-state index contributed by atoms with van der Waals surface area (Å²) < 4.78 is 1.10. The Morgan fingerprint density at radius 2 is 1.90 bits per heavy atom. The van der Waals surface area contributed by atoms with Crippen LogP contribution in [0.1, 0.15) is 26.3 Å². The number of hydrogen-bond acceptors (Lipinski definition) is 2. The Balaban J connectivity index is 2.22. The predicted molar refractivity (Wildman–Crippen MR) is 96.3 cm³/mol. The van der Waals surface area contributed by atoms with Gasteiger partial charge in [0.2, 0.25) is 0 Å². The summed E-state index contributed by atoms with van der Waals surface area (Å²) in [6.07, 6.45) is 0. The number of halogens is 2. The van der Waals surface area contributed by atoms with Crippen LogP contribution in [0.4, 0.5) is 0 Å². The van der Waals surface area contributed by atoms with Gasteiger partial charge in [0.25, 0.3) is 0 Å². The van der Waals surface area contributed by atoms with Gasteiger partial charge in [-0.2, -0.15) is 0 Å². The van der Waals surface area contributed by atoms with Gasteiger partial charge in [0.1, 0.15) is 0 Å². The van der Waals surface area contributed by atoms with E-state index in [4.69, 9.17) is 11.6 Å². The maximum atomic E-state index is 6.06. The second kappa shape index (κ2) is 7.19. The summed E-state index contributed by atoms with van der Waals surface area (Å²) in [5.74, 6) is 0. The van der Waals surface area contributed by atoms with Crippen LogP contribution in [-0.2, 0) is 6.54 Å². The minimum Gasteiger partial charge on any atom is -0.308 e. The average Bonchev–Trinajstić information content (AvgIpc) is 2.38. The first kappa shape index (κ1) is 16.9. The molecule has 4 heteroatoms. The first-order valence-corrected chi connectivity index (χ1v) is 8.79. The summed E-state index contributed by atoms with van der Waals surface area (Å²) in [7, 11) is 0. The number of benzene rings is 2. The molecule has 2 aromatic carbocycles. The Morgan fingerprint density at radius 3 is 2.57 bits per heavy atom. The quantitative estimate of drug-likeness (QED) is 0.679. The van der Waals surface area contributed by atoms with Crippen LogP contribution in [0.15, 0.2) is 56.7 Å². The summed E-state index contributed by atoms with van der Waals surface area (Å²) in [5, 5.41) is 4.31. The van der Waals surface area contributed by atoms with Crippen LogP contribution in [0.5, 0.6) is 0 Å². The summed E-state index contributed by atoms with van der Waals surface area (Å²) in [6.45, 7) is 7.37. The fourth-order valence-corrected chi connectivity index (χ4v) is 3.45. The third-order valence-corrected chi connectivity index (χ3v) is 4.69. The van der Waals surface area contributed by atoms with Crippen molar-refractivity contribution in [1.29, 1.82) is 0 Å². The molecular weight excluding hydrogens is 366 g/mol. The Labute approximate surface area is 144 Å². The summed E-state index contributed by atoms with van der Waals surface area (Å²) >= 11 is 11.4. The smallest absolute Gasteiger partial charge is 0.0417 e. The molecule has 0 saturated heterocycles. The molecule has 0 amide bonds. The first-order valence-electron chi connectivity index (χ1n) is 6.80. The van der Waals surface area contributed by atoms with E-state index in [9.17, 15) is 0 Å². The van der Waals surface area contributed by atoms with Gasteiger partial charge in [0.05, 0.1) is 0 Å². The molecule has 0 bridgehead atoms. The van der Waals surface area contributed by atoms with E-state index in [1.807, 2.05) is 18.2 Å². The van der Waals surface area contributed by atoms with Crippen molar-refractivity contribution in [2.75, 3.05) is 0 Å². The largest absolute Gasteiger partial charge is 0.308 e. The molecule has 2 aromatic rings. The van der Waals surface area contributed by atoms with Gasteiger partial charge in [-0.25, -0.2) is 0 Å². The van der Waals surface area contributed by atoms with Crippen LogP contribution < -0.4 is 5.32 Å². The number of nitrogens with one attached hydrogen (secondary N) is 1. The molecular formula is C17H19BrClNS. The second-order valence-corrected chi connectivity index (χ2v) is 8.38. The third kappa shape index (κ3) is 5.67. The van der Waals surface area contributed by atoms with Crippen LogP contribution in [0.3, 0.4) is 0 Å². The third-order valence-electron chi connectivity index (χ3n) is 2.86. The second-order valence-electron chi connectivity index (χ2n) is 5.92. The van der Waals surface area contributed by atoms with Gasteiger partial charge in [-0.3, -0.25) is 0 Å². The van der Waals surface area contributed by atoms with Gasteiger partial charge < -0.3 is 5.32 Å². The highest BCUT2D eigenvalue weighted by atomic mass is 79.9. The molecule has 0 radical (unpaired) electrons. The zero-order valence-corrected chi connectivity index (χ0v) is 15.6. The molecule has 21 heavy (non-hydrogen) atoms. The summed E-state index contributed by atoms with van der Waals surface area (Å²) in [6, 6.07) is 14.4. The molecule has 0 fully saturated rings. The molecule has 0 aromatic heterocycles. The van der Waals surface area contributed by atoms with Crippen molar-refractivity contribution in [2.45, 2.75) is 42.6 Å². The van der Waals surface area contributed by atoms with Gasteiger partial charge >= 0.3 is 0 Å². The normalized spacial score (nSPS) is 11.7. The van der Waals surface area contributed by atoms with E-state index in [0.717, 1.165) is 20.9 Å². The zero-order chi connectivity index (χ0) is 15.5. The van der Waals surface area contributed by atoms with Crippen molar-refractivity contribution in [3.05, 3.63) is 57.5 Å². The van der Waals surface area contributed by atoms with Gasteiger partial charge in [-0.15, -0.1) is 0 Å². The predicted octanol–water partition coefficient (Wildman–Crippen LogP) is 6.14. The molecule has 1 nitrogen and oxygen atoms in total. The molecule has 0 saturated carbocycles. The van der Waals surface area contributed by atoms with E-state index in [1.165, 1.54) is 10.5 Å². The van der Waals surface area contributed by atoms with Gasteiger partial charge in [0, 0.05) is 31.4 Å². The van der Waals surface area contributed by atoms with Crippen LogP contribution in [0, 0.1) is 0 Å². The molecule has 0 unspecified atom stereocenters. The van der Waals surface area contributed by atoms with E-state index in [1.54, 1.807) is 11.8 Å². The minimum atomic E-state index is 0.0975. The van der Waals surface area contributed by atoms with Crippen LogP contribution in [-0.4, -0.2) is 5.54 Å². The van der Waals surface area contributed by atoms with Crippen LogP contribution >= 0.6 is 39.3 Å². The molecule has 112 valence electrons. The van der Waals surface area contributed by atoms with E-state index < -0.39 is 0 Å². The SMILES string of the molecule is CC(C)(C)NCc1cc(Br)ccc1Sc1cccc(Cl)c1. The van der Waals surface area contributed by atoms with Crippen molar-refractivity contribution in [3.63, 3.8) is 0 Å². The van der Waals surface area contributed by atoms with Crippen molar-refractivity contribution in [3.8, 4) is 0 Å². The van der Waals surface area contributed by atoms with Crippen molar-refractivity contribution >= 4 is 39.3 Å². The molecule has 0 spiro atoms. The standard InChI is InChI=1S/C17H19BrClNS/c1-17(2,3)20-11-12-9-13(18)7-8-16(12)21-15-6-4-5-14(19)10-15/h4-10,20H,11H2,1-3H3. The maximum Gasteiger partial charge on any atom is 0.0417 e. The first-order chi connectivity index (χ1) is 9.83. The lowest BCUT2D eigenvalue weighted by Gasteiger charge is -2.21. The molecule has 0 aliphatic heterocycles. The Morgan fingerprint density at radius 1 is 1.14 bits per heavy atom. The highest BCUT2D eigenvalue weighted by Gasteiger charge is 2.11. The van der Waals surface area contributed by atoms with Gasteiger partial charge in [-0.1, -0.05) is 45.4 Å². The monoisotopic (exact) mass is 383 g/mol. The Bertz CT molecular complexity index is 622. The number of rotatable bonds is 4. The fourth-order valence-electron chi connectivity index (χ4n) is 1.80. The molecule has 0 aliphatic rings. The highest BCUT2D eigenvalue weighted by Crippen LogP contribution is 2.33. The van der Waals surface area contributed by atoms with E-state index in [0.29, 0.717) is 0 Å². The maximum absolute atomic E-state index is 6.06. The van der Waals surface area contributed by atoms with Crippen molar-refractivity contribution < 1.29 is 0 Å². The Kier molecular flexibility index (Phi) is 5.78. The van der Waals surface area contributed by atoms with Crippen LogP contribution in [0.25, 0.3) is 0 Å². The van der Waals surface area contributed by atoms with Gasteiger partial charge in [0.15, 0.2) is 0 Å². The lowest BCUT2D eigenvalue weighted by atomic mass is 10.1. The fraction of sp³-hybridized carbons (Fsp3) is 0.294. The van der Waals surface area contributed by atoms with Crippen LogP contribution in [0.2, 0.25) is 5.02 Å². The van der Waals surface area contributed by atoms with E-state index >= 15 is 0 Å². The average molecular weight is 385 g/mol. The molecule has 2 rings (SSSR count). The van der Waals surface area contributed by atoms with Crippen molar-refractivity contribution in [1.82, 2.24) is 5.32 Å². The molecule has 0 heterocycles. The van der Waals surface area contributed by atoms with Crippen molar-refractivity contribution in [2.24, 2.45) is 0 Å². The zero-order valence-electron chi connectivity index (χ0n) is 12.4. The molecule has 0 aliphatic carbocycles. The Hall–Kier alpha value is -0.480. The lowest BCUT2D eigenvalue weighted by molar-refractivity contribution is 0.422. The summed E-state index contributed by atoms with van der Waals surface area (Å²) in [5.41, 5.74) is 1.38. The molecule has 0 atom stereocenters. The highest BCUT2D eigenvalue weighted by molar-refractivity contribution is 9.10. The van der Waals surface area contributed by atoms with Gasteiger partial charge in [-0.05, 0) is 62.7 Å². The topological polar surface area (TPSA) is 12.0 Å². The van der Waals surface area contributed by atoms with E-state index in [-0.39, 0.29) is 5.54 Å². The van der Waals surface area contributed by atoms with E-state index in [2.05, 4.69) is 66.3 Å². The lowest BCUT2D eigenvalue weighted by Crippen LogP contribution is -2.35. The summed E-state index contributed by atoms with van der Waals surface area (Å²) in [4.78, 5) is 2.40.